The number of aliphatic hydroxyl groups excluding tert-OH is 1. The molecule has 0 aliphatic heterocycles. The topological polar surface area (TPSA) is 222 Å². The number of aromatic nitrogens is 1. The van der Waals surface area contributed by atoms with Crippen molar-refractivity contribution >= 4 is 34.5 Å². The standard InChI is InChI=1S/C40H54N4O7.H2O4S/c1-39(2,3)32(23-36(48)50-7)38(49)43-44(24-29-16-18-30(19-17-29)33-15-11-12-20-41-33)25-35(47)31(21-28-13-9-8-10-14-28)22-34(46)37(40(4,5)6)42-26-51-27-45;1-5(2,3)4/h8-20,27,31-32,35,37,42,47H,21-26H2,1-7H3,(H,43,49);(H2,1,2,3,4)/t31-,32-,35+,37-;/m1./s1. The molecule has 0 aliphatic rings. The van der Waals surface area contributed by atoms with E-state index in [2.05, 4.69) is 15.7 Å². The molecule has 2 aromatic carbocycles. The van der Waals surface area contributed by atoms with Crippen LogP contribution in [-0.2, 0) is 52.0 Å². The van der Waals surface area contributed by atoms with Gasteiger partial charge in [0.1, 0.15) is 6.73 Å². The van der Waals surface area contributed by atoms with Crippen molar-refractivity contribution in [3.8, 4) is 11.3 Å². The van der Waals surface area contributed by atoms with E-state index in [4.69, 9.17) is 27.0 Å². The molecule has 0 unspecified atom stereocenters. The largest absolute Gasteiger partial charge is 0.469 e. The molecule has 1 heterocycles. The van der Waals surface area contributed by atoms with Gasteiger partial charge in [0.05, 0.1) is 37.3 Å². The predicted octanol–water partition coefficient (Wildman–Crippen LogP) is 4.47. The van der Waals surface area contributed by atoms with Crippen molar-refractivity contribution in [2.75, 3.05) is 20.4 Å². The van der Waals surface area contributed by atoms with E-state index >= 15 is 0 Å². The number of nitrogens with zero attached hydrogens (tertiary/aromatic N) is 2. The van der Waals surface area contributed by atoms with Crippen LogP contribution in [0.15, 0.2) is 79.0 Å². The summed E-state index contributed by atoms with van der Waals surface area (Å²) in [5, 5.41) is 16.6. The van der Waals surface area contributed by atoms with E-state index in [1.54, 1.807) is 11.2 Å². The molecule has 0 bridgehead atoms. The third-order valence-electron chi connectivity index (χ3n) is 8.90. The van der Waals surface area contributed by atoms with Crippen molar-refractivity contribution in [2.45, 2.75) is 79.5 Å². The van der Waals surface area contributed by atoms with Gasteiger partial charge in [-0.1, -0.05) is 102 Å². The first-order valence-corrected chi connectivity index (χ1v) is 19.4. The number of ether oxygens (including phenoxy) is 2. The maximum Gasteiger partial charge on any atom is 0.394 e. The van der Waals surface area contributed by atoms with Gasteiger partial charge < -0.3 is 14.6 Å². The second kappa shape index (κ2) is 22.2. The normalized spacial score (nSPS) is 14.0. The first kappa shape index (κ1) is 47.6. The molecule has 0 radical (unpaired) electrons. The van der Waals surface area contributed by atoms with E-state index in [0.717, 1.165) is 22.4 Å². The Morgan fingerprint density at radius 2 is 1.48 bits per heavy atom. The van der Waals surface area contributed by atoms with Crippen LogP contribution in [0.5, 0.6) is 0 Å². The second-order valence-corrected chi connectivity index (χ2v) is 16.4. The SMILES string of the molecule is COC(=O)C[C@H](C(=O)NN(Cc1ccc(-c2ccccn2)cc1)C[C@H](O)[C@@H](CC(=O)[C@@H](NCOC=O)C(C)(C)C)Cc1ccccc1)C(C)(C)C.O=S(=O)(O)O. The highest BCUT2D eigenvalue weighted by atomic mass is 32.3. The highest BCUT2D eigenvalue weighted by Crippen LogP contribution is 2.30. The highest BCUT2D eigenvalue weighted by molar-refractivity contribution is 7.79. The molecule has 3 rings (SSSR count). The number of hydrogen-bond acceptors (Lipinski definition) is 12. The number of hydrazine groups is 1. The smallest absolute Gasteiger partial charge is 0.394 e. The van der Waals surface area contributed by atoms with E-state index in [9.17, 15) is 24.3 Å². The molecule has 1 aromatic heterocycles. The molecular formula is C40H56N4O11S. The molecule has 0 aliphatic carbocycles. The zero-order valence-corrected chi connectivity index (χ0v) is 33.9. The van der Waals surface area contributed by atoms with Gasteiger partial charge >= 0.3 is 16.4 Å². The van der Waals surface area contributed by atoms with Crippen LogP contribution in [0.3, 0.4) is 0 Å². The molecule has 16 heteroatoms. The van der Waals surface area contributed by atoms with E-state index in [-0.39, 0.29) is 44.4 Å². The fourth-order valence-electron chi connectivity index (χ4n) is 6.04. The Bertz CT molecular complexity index is 1770. The van der Waals surface area contributed by atoms with E-state index < -0.39 is 51.2 Å². The van der Waals surface area contributed by atoms with Gasteiger partial charge in [0.2, 0.25) is 5.91 Å². The van der Waals surface area contributed by atoms with Gasteiger partial charge in [0.15, 0.2) is 5.78 Å². The number of benzene rings is 2. The number of Topliss-reactive ketones (excluding diaryl/α,β-unsaturated/α-hetero) is 1. The number of esters is 1. The maximum atomic E-state index is 13.9. The molecule has 0 spiro atoms. The number of hydrogen-bond donors (Lipinski definition) is 5. The number of nitrogens with one attached hydrogen (secondary N) is 2. The Morgan fingerprint density at radius 3 is 2.00 bits per heavy atom. The average Bonchev–Trinajstić information content (AvgIpc) is 3.11. The van der Waals surface area contributed by atoms with Crippen LogP contribution in [0.25, 0.3) is 11.3 Å². The minimum Gasteiger partial charge on any atom is -0.469 e. The van der Waals surface area contributed by atoms with Crippen LogP contribution >= 0.6 is 0 Å². The third kappa shape index (κ3) is 17.9. The van der Waals surface area contributed by atoms with Crippen molar-refractivity contribution in [1.29, 1.82) is 0 Å². The second-order valence-electron chi connectivity index (χ2n) is 15.5. The van der Waals surface area contributed by atoms with Gasteiger partial charge in [-0.25, -0.2) is 5.01 Å². The fourth-order valence-corrected chi connectivity index (χ4v) is 6.04. The Kier molecular flexibility index (Phi) is 18.9. The van der Waals surface area contributed by atoms with E-state index in [0.29, 0.717) is 12.9 Å². The van der Waals surface area contributed by atoms with E-state index in [1.165, 1.54) is 7.11 Å². The van der Waals surface area contributed by atoms with E-state index in [1.807, 2.05) is 114 Å². The van der Waals surface area contributed by atoms with Crippen LogP contribution in [0.4, 0.5) is 0 Å². The molecule has 0 saturated carbocycles. The van der Waals surface area contributed by atoms with Crippen LogP contribution in [0, 0.1) is 22.7 Å². The molecule has 0 fully saturated rings. The Morgan fingerprint density at radius 1 is 0.875 bits per heavy atom. The van der Waals surface area contributed by atoms with Gasteiger partial charge in [-0.3, -0.25) is 44.0 Å². The lowest BCUT2D eigenvalue weighted by Crippen LogP contribution is -2.52. The third-order valence-corrected chi connectivity index (χ3v) is 8.90. The van der Waals surface area contributed by atoms with Gasteiger partial charge in [0.25, 0.3) is 6.47 Å². The molecule has 308 valence electrons. The van der Waals surface area contributed by atoms with Gasteiger partial charge in [-0.15, -0.1) is 0 Å². The first-order valence-electron chi connectivity index (χ1n) is 18.0. The predicted molar refractivity (Wildman–Crippen MR) is 210 cm³/mol. The molecule has 4 atom stereocenters. The minimum absolute atomic E-state index is 0.00450. The summed E-state index contributed by atoms with van der Waals surface area (Å²) in [5.74, 6) is -2.26. The summed E-state index contributed by atoms with van der Waals surface area (Å²) in [7, 11) is -3.37. The summed E-state index contributed by atoms with van der Waals surface area (Å²) >= 11 is 0. The Labute approximate surface area is 329 Å². The van der Waals surface area contributed by atoms with Crippen molar-refractivity contribution < 1.29 is 51.3 Å². The number of ketones is 1. The summed E-state index contributed by atoms with van der Waals surface area (Å²) in [4.78, 5) is 55.3. The number of amides is 1. The zero-order valence-electron chi connectivity index (χ0n) is 33.0. The summed E-state index contributed by atoms with van der Waals surface area (Å²) in [6, 6.07) is 22.5. The Balaban J connectivity index is 0.00000203. The monoisotopic (exact) mass is 800 g/mol. The van der Waals surface area contributed by atoms with Gasteiger partial charge in [-0.05, 0) is 46.4 Å². The van der Waals surface area contributed by atoms with Crippen LogP contribution < -0.4 is 10.7 Å². The molecule has 5 N–H and O–H groups in total. The number of aliphatic hydroxyl groups is 1. The molecular weight excluding hydrogens is 745 g/mol. The van der Waals surface area contributed by atoms with Crippen molar-refractivity contribution in [3.05, 3.63) is 90.1 Å². The number of methoxy groups -OCH3 is 1. The molecule has 1 amide bonds. The molecule has 3 aromatic rings. The number of rotatable bonds is 19. The zero-order chi connectivity index (χ0) is 42.1. The quantitative estimate of drug-likeness (QED) is 0.0282. The van der Waals surface area contributed by atoms with Crippen LogP contribution in [0.1, 0.15) is 65.5 Å². The fraction of sp³-hybridized carbons (Fsp3) is 0.475. The lowest BCUT2D eigenvalue weighted by Gasteiger charge is -2.35. The van der Waals surface area contributed by atoms with Crippen molar-refractivity contribution in [2.24, 2.45) is 22.7 Å². The number of carbonyl (C=O) groups excluding carboxylic acids is 4. The Hall–Kier alpha value is -4.58. The molecule has 0 saturated heterocycles. The first-order chi connectivity index (χ1) is 26.1. The van der Waals surface area contributed by atoms with Gasteiger partial charge in [0, 0.05) is 31.3 Å². The lowest BCUT2D eigenvalue weighted by molar-refractivity contribution is -0.148. The summed E-state index contributed by atoms with van der Waals surface area (Å²) in [5.41, 5.74) is 5.50. The number of pyridine rings is 1. The summed E-state index contributed by atoms with van der Waals surface area (Å²) in [6.45, 7) is 11.8. The lowest BCUT2D eigenvalue weighted by atomic mass is 9.78. The van der Waals surface area contributed by atoms with Crippen LogP contribution in [0.2, 0.25) is 0 Å². The van der Waals surface area contributed by atoms with Crippen LogP contribution in [-0.4, -0.2) is 89.3 Å². The highest BCUT2D eigenvalue weighted by Gasteiger charge is 2.37. The minimum atomic E-state index is -4.67. The van der Waals surface area contributed by atoms with Crippen molar-refractivity contribution in [1.82, 2.24) is 20.7 Å². The van der Waals surface area contributed by atoms with Gasteiger partial charge in [-0.2, -0.15) is 8.42 Å². The van der Waals surface area contributed by atoms with Crippen molar-refractivity contribution in [3.63, 3.8) is 0 Å². The molecule has 15 nitrogen and oxygen atoms in total. The maximum absolute atomic E-state index is 13.9. The summed E-state index contributed by atoms with van der Waals surface area (Å²) < 4.78 is 41.3. The number of carbonyl (C=O) groups is 4. The molecule has 56 heavy (non-hydrogen) atoms. The summed E-state index contributed by atoms with van der Waals surface area (Å²) in [6.07, 6.45) is 1.00. The average molecular weight is 801 g/mol.